The Balaban J connectivity index is 1.39. The number of ether oxygens (including phenoxy) is 2. The summed E-state index contributed by atoms with van der Waals surface area (Å²) in [6.45, 7) is 0.304. The second-order valence-electron chi connectivity index (χ2n) is 5.75. The Labute approximate surface area is 153 Å². The maximum absolute atomic E-state index is 12.4. The Hall–Kier alpha value is -3.06. The highest BCUT2D eigenvalue weighted by Gasteiger charge is 2.36. The van der Waals surface area contributed by atoms with Crippen molar-refractivity contribution >= 4 is 29.3 Å². The van der Waals surface area contributed by atoms with E-state index in [9.17, 15) is 14.4 Å². The Morgan fingerprint density at radius 1 is 1.12 bits per heavy atom. The Morgan fingerprint density at radius 3 is 2.73 bits per heavy atom. The van der Waals surface area contributed by atoms with Gasteiger partial charge in [-0.05, 0) is 30.3 Å². The van der Waals surface area contributed by atoms with E-state index < -0.39 is 11.8 Å². The molecule has 0 aliphatic carbocycles. The van der Waals surface area contributed by atoms with Crippen molar-refractivity contribution in [1.29, 1.82) is 0 Å². The fraction of sp³-hybridized carbons (Fsp3) is 0.167. The molecule has 132 valence electrons. The van der Waals surface area contributed by atoms with Gasteiger partial charge in [0.2, 0.25) is 6.79 Å². The van der Waals surface area contributed by atoms with Crippen LogP contribution in [0.5, 0.6) is 11.5 Å². The minimum Gasteiger partial charge on any atom is -0.454 e. The number of hydrogen-bond donors (Lipinski definition) is 1. The van der Waals surface area contributed by atoms with Crippen molar-refractivity contribution in [2.45, 2.75) is 0 Å². The van der Waals surface area contributed by atoms with Crippen LogP contribution in [0.25, 0.3) is 0 Å². The summed E-state index contributed by atoms with van der Waals surface area (Å²) in [6.07, 6.45) is 0. The molecule has 7 nitrogen and oxygen atoms in total. The zero-order valence-corrected chi connectivity index (χ0v) is 14.2. The van der Waals surface area contributed by atoms with Crippen molar-refractivity contribution in [3.05, 3.63) is 58.1 Å². The van der Waals surface area contributed by atoms with Gasteiger partial charge in [0.25, 0.3) is 17.7 Å². The third-order valence-electron chi connectivity index (χ3n) is 4.20. The third-order valence-corrected chi connectivity index (χ3v) is 4.52. The summed E-state index contributed by atoms with van der Waals surface area (Å²) in [4.78, 5) is 38.0. The van der Waals surface area contributed by atoms with Crippen molar-refractivity contribution < 1.29 is 23.9 Å². The molecule has 2 aromatic rings. The largest absolute Gasteiger partial charge is 0.454 e. The van der Waals surface area contributed by atoms with E-state index in [2.05, 4.69) is 5.32 Å². The van der Waals surface area contributed by atoms with Crippen LogP contribution in [0.3, 0.4) is 0 Å². The maximum Gasteiger partial charge on any atom is 0.263 e. The first kappa shape index (κ1) is 16.4. The highest BCUT2D eigenvalue weighted by Crippen LogP contribution is 2.32. The van der Waals surface area contributed by atoms with Gasteiger partial charge in [-0.25, -0.2) is 0 Å². The smallest absolute Gasteiger partial charge is 0.263 e. The van der Waals surface area contributed by atoms with Gasteiger partial charge in [-0.3, -0.25) is 19.3 Å². The molecular weight excluding hydrogens is 360 g/mol. The van der Waals surface area contributed by atoms with E-state index in [1.165, 1.54) is 0 Å². The average molecular weight is 373 g/mol. The highest BCUT2D eigenvalue weighted by molar-refractivity contribution is 6.37. The molecule has 0 aromatic heterocycles. The number of imide groups is 1. The van der Waals surface area contributed by atoms with Gasteiger partial charge in [-0.2, -0.15) is 0 Å². The van der Waals surface area contributed by atoms with Crippen molar-refractivity contribution in [1.82, 2.24) is 10.2 Å². The van der Waals surface area contributed by atoms with Crippen LogP contribution in [0.1, 0.15) is 31.1 Å². The minimum absolute atomic E-state index is 0.0545. The summed E-state index contributed by atoms with van der Waals surface area (Å²) in [5, 5.41) is 2.93. The maximum atomic E-state index is 12.4. The fourth-order valence-electron chi connectivity index (χ4n) is 2.92. The van der Waals surface area contributed by atoms with E-state index in [-0.39, 0.29) is 41.9 Å². The van der Waals surface area contributed by atoms with Crippen LogP contribution in [-0.2, 0) is 0 Å². The van der Waals surface area contributed by atoms with Crippen LogP contribution in [0, 0.1) is 0 Å². The molecule has 0 spiro atoms. The first-order chi connectivity index (χ1) is 12.6. The van der Waals surface area contributed by atoms with Gasteiger partial charge in [0, 0.05) is 18.7 Å². The predicted octanol–water partition coefficient (Wildman–Crippen LogP) is 2.09. The number of rotatable bonds is 4. The molecule has 2 aliphatic rings. The van der Waals surface area contributed by atoms with E-state index in [0.29, 0.717) is 17.1 Å². The summed E-state index contributed by atoms with van der Waals surface area (Å²) < 4.78 is 10.4. The Morgan fingerprint density at radius 2 is 1.92 bits per heavy atom. The molecule has 0 bridgehead atoms. The van der Waals surface area contributed by atoms with Gasteiger partial charge in [0.05, 0.1) is 16.1 Å². The number of hydrogen-bond acceptors (Lipinski definition) is 5. The fourth-order valence-corrected chi connectivity index (χ4v) is 3.17. The zero-order valence-electron chi connectivity index (χ0n) is 13.5. The first-order valence-corrected chi connectivity index (χ1v) is 8.26. The van der Waals surface area contributed by atoms with Crippen LogP contribution in [0.4, 0.5) is 0 Å². The van der Waals surface area contributed by atoms with E-state index in [0.717, 1.165) is 4.90 Å². The van der Waals surface area contributed by atoms with Crippen molar-refractivity contribution in [2.75, 3.05) is 19.9 Å². The molecule has 2 aliphatic heterocycles. The van der Waals surface area contributed by atoms with Gasteiger partial charge in [0.1, 0.15) is 0 Å². The summed E-state index contributed by atoms with van der Waals surface area (Å²) in [6, 6.07) is 9.61. The molecule has 0 atom stereocenters. The molecule has 3 amide bonds. The van der Waals surface area contributed by atoms with Crippen LogP contribution in [0.15, 0.2) is 36.4 Å². The van der Waals surface area contributed by atoms with Crippen LogP contribution in [-0.4, -0.2) is 42.5 Å². The van der Waals surface area contributed by atoms with E-state index in [1.807, 2.05) is 0 Å². The second-order valence-corrected chi connectivity index (χ2v) is 6.16. The molecule has 0 saturated carbocycles. The summed E-state index contributed by atoms with van der Waals surface area (Å²) >= 11 is 6.01. The number of halogens is 1. The van der Waals surface area contributed by atoms with Gasteiger partial charge in [-0.15, -0.1) is 0 Å². The van der Waals surface area contributed by atoms with E-state index in [4.69, 9.17) is 21.1 Å². The monoisotopic (exact) mass is 372 g/mol. The van der Waals surface area contributed by atoms with Crippen molar-refractivity contribution in [3.63, 3.8) is 0 Å². The molecule has 26 heavy (non-hydrogen) atoms. The Kier molecular flexibility index (Phi) is 4.00. The molecule has 0 radical (unpaired) electrons. The molecule has 2 aromatic carbocycles. The van der Waals surface area contributed by atoms with Crippen LogP contribution >= 0.6 is 11.6 Å². The number of nitrogens with one attached hydrogen (secondary N) is 1. The summed E-state index contributed by atoms with van der Waals surface area (Å²) in [5.74, 6) is -0.104. The number of fused-ring (bicyclic) bond motifs is 2. The first-order valence-electron chi connectivity index (χ1n) is 7.89. The number of carbonyl (C=O) groups is 3. The van der Waals surface area contributed by atoms with Gasteiger partial charge < -0.3 is 14.8 Å². The summed E-state index contributed by atoms with van der Waals surface area (Å²) in [7, 11) is 0. The number of carbonyl (C=O) groups excluding carboxylic acids is 3. The minimum atomic E-state index is -0.451. The molecule has 1 N–H and O–H groups in total. The topological polar surface area (TPSA) is 84.9 Å². The second kappa shape index (κ2) is 6.34. The lowest BCUT2D eigenvalue weighted by Gasteiger charge is -2.14. The third kappa shape index (κ3) is 2.66. The molecule has 2 heterocycles. The van der Waals surface area contributed by atoms with Gasteiger partial charge in [-0.1, -0.05) is 17.7 Å². The van der Waals surface area contributed by atoms with E-state index in [1.54, 1.807) is 36.4 Å². The lowest BCUT2D eigenvalue weighted by Crippen LogP contribution is -2.38. The number of benzene rings is 2. The lowest BCUT2D eigenvalue weighted by molar-refractivity contribution is 0.0650. The average Bonchev–Trinajstić information content (AvgIpc) is 3.20. The van der Waals surface area contributed by atoms with Crippen molar-refractivity contribution in [2.24, 2.45) is 0 Å². The number of amides is 3. The molecule has 4 rings (SSSR count). The van der Waals surface area contributed by atoms with Gasteiger partial charge in [0.15, 0.2) is 11.5 Å². The highest BCUT2D eigenvalue weighted by atomic mass is 35.5. The molecule has 0 saturated heterocycles. The van der Waals surface area contributed by atoms with E-state index >= 15 is 0 Å². The molecule has 0 fully saturated rings. The van der Waals surface area contributed by atoms with Crippen molar-refractivity contribution in [3.8, 4) is 11.5 Å². The Bertz CT molecular complexity index is 943. The van der Waals surface area contributed by atoms with Crippen LogP contribution < -0.4 is 14.8 Å². The predicted molar refractivity (Wildman–Crippen MR) is 91.7 cm³/mol. The SMILES string of the molecule is O=C(NCCN1C(=O)c2cccc(Cl)c2C1=O)c1ccc2c(c1)OCO2. The zero-order chi connectivity index (χ0) is 18.3. The standard InChI is InChI=1S/C18H13ClN2O5/c19-12-3-1-2-11-15(12)18(24)21(17(11)23)7-6-20-16(22)10-4-5-13-14(8-10)26-9-25-13/h1-5,8H,6-7,9H2,(H,20,22). The van der Waals surface area contributed by atoms with Crippen LogP contribution in [0.2, 0.25) is 5.02 Å². The number of nitrogens with zero attached hydrogens (tertiary/aromatic N) is 1. The van der Waals surface area contributed by atoms with Gasteiger partial charge >= 0.3 is 0 Å². The quantitative estimate of drug-likeness (QED) is 0.831. The summed E-state index contributed by atoms with van der Waals surface area (Å²) in [5.41, 5.74) is 0.894. The molecular formula is C18H13ClN2O5. The lowest BCUT2D eigenvalue weighted by atomic mass is 10.1. The molecule has 0 unspecified atom stereocenters. The molecule has 8 heteroatoms. The normalized spacial score (nSPS) is 14.6.